The van der Waals surface area contributed by atoms with Crippen LogP contribution in [-0.4, -0.2) is 44.8 Å². The third kappa shape index (κ3) is 1.16. The zero-order valence-corrected chi connectivity index (χ0v) is 6.44. The molecule has 0 radical (unpaired) electrons. The van der Waals surface area contributed by atoms with Crippen LogP contribution in [0, 0.1) is 5.92 Å². The third-order valence-corrected chi connectivity index (χ3v) is 2.56. The highest BCUT2D eigenvalue weighted by Gasteiger charge is 2.54. The van der Waals surface area contributed by atoms with E-state index in [0.29, 0.717) is 0 Å². The van der Waals surface area contributed by atoms with Crippen molar-refractivity contribution >= 4 is 0 Å². The Labute approximate surface area is 65.1 Å². The van der Waals surface area contributed by atoms with Crippen molar-refractivity contribution in [2.24, 2.45) is 5.92 Å². The maximum Gasteiger partial charge on any atom is 0.100 e. The van der Waals surface area contributed by atoms with E-state index in [2.05, 4.69) is 0 Å². The average molecular weight is 162 g/mol. The molecule has 1 rings (SSSR count). The molecule has 4 nitrogen and oxygen atoms in total. The van der Waals surface area contributed by atoms with Gasteiger partial charge in [0.1, 0.15) is 5.60 Å². The molecule has 4 atom stereocenters. The zero-order valence-electron chi connectivity index (χ0n) is 6.44. The summed E-state index contributed by atoms with van der Waals surface area (Å²) in [6.45, 7) is 1.16. The van der Waals surface area contributed by atoms with Gasteiger partial charge in [0.25, 0.3) is 0 Å². The van der Waals surface area contributed by atoms with Crippen molar-refractivity contribution in [3.63, 3.8) is 0 Å². The standard InChI is InChI=1S/C7H14O4/c1-4(9)7(11)2-6(10)5(7)3-8/h4-6,8-11H,2-3H2,1H3. The van der Waals surface area contributed by atoms with E-state index in [1.165, 1.54) is 6.92 Å². The molecule has 0 spiro atoms. The molecule has 1 aliphatic carbocycles. The van der Waals surface area contributed by atoms with Crippen LogP contribution in [0.15, 0.2) is 0 Å². The SMILES string of the molecule is CC(O)C1(O)CC(O)C1CO. The quantitative estimate of drug-likeness (QED) is 0.397. The molecule has 0 bridgehead atoms. The number of aliphatic hydroxyl groups is 4. The maximum absolute atomic E-state index is 9.55. The van der Waals surface area contributed by atoms with Gasteiger partial charge in [0.15, 0.2) is 0 Å². The van der Waals surface area contributed by atoms with Gasteiger partial charge in [0, 0.05) is 12.3 Å². The van der Waals surface area contributed by atoms with Crippen molar-refractivity contribution < 1.29 is 20.4 Å². The van der Waals surface area contributed by atoms with Crippen LogP contribution >= 0.6 is 0 Å². The molecule has 11 heavy (non-hydrogen) atoms. The van der Waals surface area contributed by atoms with Crippen molar-refractivity contribution in [3.8, 4) is 0 Å². The Morgan fingerprint density at radius 2 is 2.18 bits per heavy atom. The summed E-state index contributed by atoms with van der Waals surface area (Å²) in [5.74, 6) is -0.595. The molecule has 4 N–H and O–H groups in total. The molecular weight excluding hydrogens is 148 g/mol. The lowest BCUT2D eigenvalue weighted by Crippen LogP contribution is -2.64. The summed E-state index contributed by atoms with van der Waals surface area (Å²) >= 11 is 0. The summed E-state index contributed by atoms with van der Waals surface area (Å²) in [7, 11) is 0. The fourth-order valence-electron chi connectivity index (χ4n) is 1.56. The van der Waals surface area contributed by atoms with Gasteiger partial charge in [-0.15, -0.1) is 0 Å². The van der Waals surface area contributed by atoms with E-state index in [0.717, 1.165) is 0 Å². The van der Waals surface area contributed by atoms with Crippen molar-refractivity contribution in [2.75, 3.05) is 6.61 Å². The fraction of sp³-hybridized carbons (Fsp3) is 1.00. The van der Waals surface area contributed by atoms with Crippen LogP contribution in [0.1, 0.15) is 13.3 Å². The van der Waals surface area contributed by atoms with Gasteiger partial charge in [-0.3, -0.25) is 0 Å². The van der Waals surface area contributed by atoms with Gasteiger partial charge >= 0.3 is 0 Å². The molecule has 0 aliphatic heterocycles. The summed E-state index contributed by atoms with van der Waals surface area (Å²) in [5.41, 5.74) is -1.28. The maximum atomic E-state index is 9.55. The van der Waals surface area contributed by atoms with Crippen LogP contribution in [0.3, 0.4) is 0 Å². The molecule has 0 aromatic rings. The van der Waals surface area contributed by atoms with Gasteiger partial charge in [0.2, 0.25) is 0 Å². The normalized spacial score (nSPS) is 46.6. The molecule has 4 heteroatoms. The van der Waals surface area contributed by atoms with Gasteiger partial charge in [0.05, 0.1) is 18.8 Å². The van der Waals surface area contributed by atoms with Crippen LogP contribution in [0.4, 0.5) is 0 Å². The van der Waals surface area contributed by atoms with Crippen molar-refractivity contribution in [1.29, 1.82) is 0 Å². The third-order valence-electron chi connectivity index (χ3n) is 2.56. The molecule has 1 aliphatic rings. The van der Waals surface area contributed by atoms with Crippen molar-refractivity contribution in [3.05, 3.63) is 0 Å². The summed E-state index contributed by atoms with van der Waals surface area (Å²) in [5, 5.41) is 36.4. The van der Waals surface area contributed by atoms with Gasteiger partial charge in [-0.2, -0.15) is 0 Å². The highest BCUT2D eigenvalue weighted by atomic mass is 16.4. The van der Waals surface area contributed by atoms with Crippen LogP contribution < -0.4 is 0 Å². The number of hydrogen-bond acceptors (Lipinski definition) is 4. The van der Waals surface area contributed by atoms with Crippen LogP contribution in [0.5, 0.6) is 0 Å². The van der Waals surface area contributed by atoms with E-state index in [9.17, 15) is 5.11 Å². The van der Waals surface area contributed by atoms with Gasteiger partial charge in [-0.1, -0.05) is 0 Å². The van der Waals surface area contributed by atoms with E-state index >= 15 is 0 Å². The average Bonchev–Trinajstić information content (AvgIpc) is 1.87. The van der Waals surface area contributed by atoms with E-state index < -0.39 is 23.7 Å². The molecule has 0 amide bonds. The predicted molar refractivity (Wildman–Crippen MR) is 37.8 cm³/mol. The summed E-state index contributed by atoms with van der Waals surface area (Å²) in [6.07, 6.45) is -1.43. The zero-order chi connectivity index (χ0) is 8.65. The minimum absolute atomic E-state index is 0.149. The van der Waals surface area contributed by atoms with E-state index in [1.54, 1.807) is 0 Å². The molecule has 4 unspecified atom stereocenters. The summed E-state index contributed by atoms with van der Waals surface area (Å²) in [6, 6.07) is 0. The van der Waals surface area contributed by atoms with Gasteiger partial charge in [-0.05, 0) is 6.92 Å². The monoisotopic (exact) mass is 162 g/mol. The first kappa shape index (κ1) is 8.93. The van der Waals surface area contributed by atoms with Crippen LogP contribution in [0.2, 0.25) is 0 Å². The molecule has 1 saturated carbocycles. The Morgan fingerprint density at radius 1 is 1.64 bits per heavy atom. The smallest absolute Gasteiger partial charge is 0.100 e. The molecule has 0 aromatic carbocycles. The van der Waals surface area contributed by atoms with E-state index in [-0.39, 0.29) is 13.0 Å². The highest BCUT2D eigenvalue weighted by Crippen LogP contribution is 2.40. The first-order valence-electron chi connectivity index (χ1n) is 3.71. The van der Waals surface area contributed by atoms with Gasteiger partial charge < -0.3 is 20.4 Å². The second-order valence-electron chi connectivity index (χ2n) is 3.23. The first-order chi connectivity index (χ1) is 5.02. The largest absolute Gasteiger partial charge is 0.396 e. The Morgan fingerprint density at radius 3 is 2.36 bits per heavy atom. The molecule has 0 heterocycles. The van der Waals surface area contributed by atoms with Crippen LogP contribution in [-0.2, 0) is 0 Å². The van der Waals surface area contributed by atoms with E-state index in [1.807, 2.05) is 0 Å². The molecule has 0 saturated heterocycles. The van der Waals surface area contributed by atoms with E-state index in [4.69, 9.17) is 15.3 Å². The fourth-order valence-corrected chi connectivity index (χ4v) is 1.56. The van der Waals surface area contributed by atoms with Gasteiger partial charge in [-0.25, -0.2) is 0 Å². The number of hydrogen-bond donors (Lipinski definition) is 4. The molecule has 0 aromatic heterocycles. The summed E-state index contributed by atoms with van der Waals surface area (Å²) in [4.78, 5) is 0. The Kier molecular flexibility index (Phi) is 2.20. The van der Waals surface area contributed by atoms with Crippen LogP contribution in [0.25, 0.3) is 0 Å². The second kappa shape index (κ2) is 2.71. The Hall–Kier alpha value is -0.160. The lowest BCUT2D eigenvalue weighted by atomic mass is 9.65. The number of rotatable bonds is 2. The predicted octanol–water partition coefficient (Wildman–Crippen LogP) is -1.53. The highest BCUT2D eigenvalue weighted by molar-refractivity contribution is 5.05. The topological polar surface area (TPSA) is 80.9 Å². The number of aliphatic hydroxyl groups excluding tert-OH is 3. The van der Waals surface area contributed by atoms with Crippen molar-refractivity contribution in [2.45, 2.75) is 31.2 Å². The minimum Gasteiger partial charge on any atom is -0.396 e. The Bertz CT molecular complexity index is 147. The Balaban J connectivity index is 2.61. The first-order valence-corrected chi connectivity index (χ1v) is 3.71. The molecule has 1 fully saturated rings. The summed E-state index contributed by atoms with van der Waals surface area (Å²) < 4.78 is 0. The lowest BCUT2D eigenvalue weighted by Gasteiger charge is -2.50. The minimum atomic E-state index is -1.28. The molecular formula is C7H14O4. The second-order valence-corrected chi connectivity index (χ2v) is 3.23. The van der Waals surface area contributed by atoms with Crippen molar-refractivity contribution in [1.82, 2.24) is 0 Å². The molecule has 66 valence electrons. The lowest BCUT2D eigenvalue weighted by molar-refractivity contribution is -0.228.